The molecule has 0 spiro atoms. The van der Waals surface area contributed by atoms with E-state index in [2.05, 4.69) is 15.0 Å². The van der Waals surface area contributed by atoms with E-state index in [0.29, 0.717) is 23.7 Å². The van der Waals surface area contributed by atoms with E-state index in [1.165, 1.54) is 0 Å². The monoisotopic (exact) mass is 300 g/mol. The van der Waals surface area contributed by atoms with E-state index in [-0.39, 0.29) is 17.8 Å². The molecule has 0 bridgehead atoms. The van der Waals surface area contributed by atoms with Crippen LogP contribution in [-0.4, -0.2) is 27.7 Å². The highest BCUT2D eigenvalue weighted by atomic mass is 15.2. The molecule has 0 aliphatic rings. The quantitative estimate of drug-likeness (QED) is 0.607. The van der Waals surface area contributed by atoms with Crippen molar-refractivity contribution < 1.29 is 0 Å². The van der Waals surface area contributed by atoms with Gasteiger partial charge in [0.15, 0.2) is 0 Å². The van der Waals surface area contributed by atoms with Crippen molar-refractivity contribution in [3.63, 3.8) is 0 Å². The number of pyridine rings is 1. The van der Waals surface area contributed by atoms with Gasteiger partial charge in [0.1, 0.15) is 17.5 Å². The molecule has 0 saturated heterocycles. The lowest BCUT2D eigenvalue weighted by molar-refractivity contribution is 0.662. The van der Waals surface area contributed by atoms with Crippen LogP contribution in [0.3, 0.4) is 0 Å². The lowest BCUT2D eigenvalue weighted by Crippen LogP contribution is -2.30. The number of nitrogens with one attached hydrogen (secondary N) is 1. The minimum Gasteiger partial charge on any atom is -0.384 e. The number of nitrogens with two attached hydrogens (primary N) is 3. The van der Waals surface area contributed by atoms with E-state index in [9.17, 15) is 0 Å². The molecule has 0 fully saturated rings. The van der Waals surface area contributed by atoms with Crippen LogP contribution >= 0.6 is 0 Å². The summed E-state index contributed by atoms with van der Waals surface area (Å²) in [5, 5.41) is 7.56. The van der Waals surface area contributed by atoms with Crippen molar-refractivity contribution in [2.45, 2.75) is 19.9 Å². The summed E-state index contributed by atoms with van der Waals surface area (Å²) in [6.07, 6.45) is 1.13. The fraction of sp³-hybridized carbons (Fsp3) is 0.286. The Bertz CT molecular complexity index is 685. The zero-order chi connectivity index (χ0) is 16.3. The van der Waals surface area contributed by atoms with E-state index in [1.54, 1.807) is 6.07 Å². The number of anilines is 4. The minimum absolute atomic E-state index is 0.0734. The molecule has 0 aliphatic heterocycles. The third kappa shape index (κ3) is 2.90. The summed E-state index contributed by atoms with van der Waals surface area (Å²) in [7, 11) is 0. The maximum absolute atomic E-state index is 7.56. The molecule has 7 N–H and O–H groups in total. The SMILES string of the molecule is CCN(c1nc(N)nc(N)c1C=N)C(C)c1cccc(N)n1. The second-order valence-electron chi connectivity index (χ2n) is 4.80. The molecule has 2 aromatic heterocycles. The fourth-order valence-electron chi connectivity index (χ4n) is 2.32. The third-order valence-electron chi connectivity index (χ3n) is 3.42. The Morgan fingerprint density at radius 2 is 1.95 bits per heavy atom. The van der Waals surface area contributed by atoms with Gasteiger partial charge in [0.25, 0.3) is 0 Å². The second kappa shape index (κ2) is 6.25. The van der Waals surface area contributed by atoms with E-state index in [1.807, 2.05) is 30.9 Å². The lowest BCUT2D eigenvalue weighted by Gasteiger charge is -2.30. The zero-order valence-electron chi connectivity index (χ0n) is 12.6. The summed E-state index contributed by atoms with van der Waals surface area (Å²) >= 11 is 0. The highest BCUT2D eigenvalue weighted by molar-refractivity contribution is 5.90. The first kappa shape index (κ1) is 15.5. The van der Waals surface area contributed by atoms with Crippen molar-refractivity contribution in [3.8, 4) is 0 Å². The van der Waals surface area contributed by atoms with Gasteiger partial charge < -0.3 is 27.5 Å². The minimum atomic E-state index is -0.110. The molecule has 2 aromatic rings. The highest BCUT2D eigenvalue weighted by Gasteiger charge is 2.22. The van der Waals surface area contributed by atoms with Gasteiger partial charge in [-0.2, -0.15) is 9.97 Å². The van der Waals surface area contributed by atoms with E-state index in [4.69, 9.17) is 22.6 Å². The molecule has 22 heavy (non-hydrogen) atoms. The summed E-state index contributed by atoms with van der Waals surface area (Å²) in [5.41, 5.74) is 18.5. The fourth-order valence-corrected chi connectivity index (χ4v) is 2.32. The van der Waals surface area contributed by atoms with Crippen LogP contribution in [0.2, 0.25) is 0 Å². The lowest BCUT2D eigenvalue weighted by atomic mass is 10.1. The second-order valence-corrected chi connectivity index (χ2v) is 4.80. The van der Waals surface area contributed by atoms with E-state index in [0.717, 1.165) is 11.9 Å². The molecule has 116 valence electrons. The Morgan fingerprint density at radius 3 is 2.55 bits per heavy atom. The van der Waals surface area contributed by atoms with Gasteiger partial charge in [0.05, 0.1) is 17.3 Å². The van der Waals surface area contributed by atoms with Crippen LogP contribution in [0.1, 0.15) is 31.1 Å². The molecular weight excluding hydrogens is 280 g/mol. The Kier molecular flexibility index (Phi) is 4.40. The maximum atomic E-state index is 7.56. The van der Waals surface area contributed by atoms with Gasteiger partial charge in [-0.1, -0.05) is 6.07 Å². The number of nitrogen functional groups attached to an aromatic ring is 3. The first-order valence-corrected chi connectivity index (χ1v) is 6.90. The van der Waals surface area contributed by atoms with Gasteiger partial charge in [0, 0.05) is 12.8 Å². The van der Waals surface area contributed by atoms with Crippen LogP contribution in [0.5, 0.6) is 0 Å². The maximum Gasteiger partial charge on any atom is 0.223 e. The third-order valence-corrected chi connectivity index (χ3v) is 3.42. The highest BCUT2D eigenvalue weighted by Crippen LogP contribution is 2.29. The summed E-state index contributed by atoms with van der Waals surface area (Å²) in [5.74, 6) is 1.22. The van der Waals surface area contributed by atoms with Crippen molar-refractivity contribution in [1.82, 2.24) is 15.0 Å². The molecule has 0 radical (unpaired) electrons. The van der Waals surface area contributed by atoms with Crippen molar-refractivity contribution in [3.05, 3.63) is 29.5 Å². The number of rotatable bonds is 5. The number of nitrogens with zero attached hydrogens (tertiary/aromatic N) is 4. The molecule has 0 aliphatic carbocycles. The summed E-state index contributed by atoms with van der Waals surface area (Å²) in [4.78, 5) is 14.4. The van der Waals surface area contributed by atoms with Crippen LogP contribution in [0.15, 0.2) is 18.2 Å². The van der Waals surface area contributed by atoms with Crippen molar-refractivity contribution in [1.29, 1.82) is 5.41 Å². The Labute approximate surface area is 128 Å². The van der Waals surface area contributed by atoms with E-state index < -0.39 is 0 Å². The Morgan fingerprint density at radius 1 is 1.23 bits per heavy atom. The predicted octanol–water partition coefficient (Wildman–Crippen LogP) is 1.20. The normalized spacial score (nSPS) is 11.9. The van der Waals surface area contributed by atoms with Gasteiger partial charge in [-0.25, -0.2) is 4.98 Å². The zero-order valence-corrected chi connectivity index (χ0v) is 12.6. The van der Waals surface area contributed by atoms with Crippen molar-refractivity contribution >= 4 is 29.6 Å². The molecule has 1 unspecified atom stereocenters. The molecule has 2 heterocycles. The average Bonchev–Trinajstić information content (AvgIpc) is 2.47. The van der Waals surface area contributed by atoms with Crippen molar-refractivity contribution in [2.24, 2.45) is 0 Å². The van der Waals surface area contributed by atoms with Gasteiger partial charge >= 0.3 is 0 Å². The number of hydrogen-bond donors (Lipinski definition) is 4. The molecule has 0 amide bonds. The van der Waals surface area contributed by atoms with Crippen LogP contribution in [-0.2, 0) is 0 Å². The standard InChI is InChI=1S/C14H20N8/c1-3-22(8(2)10-5-4-6-11(16)19-10)13-9(7-15)12(17)20-14(18)21-13/h4-8,15H,3H2,1-2H3,(H2,16,19)(H4,17,18,20,21). The van der Waals surface area contributed by atoms with Gasteiger partial charge in [-0.05, 0) is 26.0 Å². The average molecular weight is 300 g/mol. The van der Waals surface area contributed by atoms with Crippen LogP contribution < -0.4 is 22.1 Å². The van der Waals surface area contributed by atoms with Gasteiger partial charge in [-0.3, -0.25) is 0 Å². The smallest absolute Gasteiger partial charge is 0.223 e. The molecule has 1 atom stereocenters. The molecule has 2 rings (SSSR count). The summed E-state index contributed by atoms with van der Waals surface area (Å²) in [6, 6.07) is 5.36. The van der Waals surface area contributed by atoms with Crippen LogP contribution in [0, 0.1) is 5.41 Å². The molecule has 8 nitrogen and oxygen atoms in total. The first-order chi connectivity index (χ1) is 10.5. The summed E-state index contributed by atoms with van der Waals surface area (Å²) < 4.78 is 0. The molecule has 0 saturated carbocycles. The Hall–Kier alpha value is -2.90. The molecule has 8 heteroatoms. The first-order valence-electron chi connectivity index (χ1n) is 6.90. The van der Waals surface area contributed by atoms with Crippen LogP contribution in [0.4, 0.5) is 23.4 Å². The molecule has 0 aromatic carbocycles. The molecular formula is C14H20N8. The van der Waals surface area contributed by atoms with E-state index >= 15 is 0 Å². The predicted molar refractivity (Wildman–Crippen MR) is 88.8 cm³/mol. The number of aromatic nitrogens is 3. The Balaban J connectivity index is 2.50. The van der Waals surface area contributed by atoms with Gasteiger partial charge in [-0.15, -0.1) is 0 Å². The largest absolute Gasteiger partial charge is 0.384 e. The summed E-state index contributed by atoms with van der Waals surface area (Å²) in [6.45, 7) is 4.59. The number of hydrogen-bond acceptors (Lipinski definition) is 8. The topological polar surface area (TPSA) is 144 Å². The van der Waals surface area contributed by atoms with Crippen molar-refractivity contribution in [2.75, 3.05) is 28.6 Å². The van der Waals surface area contributed by atoms with Crippen LogP contribution in [0.25, 0.3) is 0 Å². The van der Waals surface area contributed by atoms with Gasteiger partial charge in [0.2, 0.25) is 5.95 Å².